The Morgan fingerprint density at radius 3 is 2.76 bits per heavy atom. The third-order valence-corrected chi connectivity index (χ3v) is 6.38. The minimum Gasteiger partial charge on any atom is -0.351 e. The first-order valence-corrected chi connectivity index (χ1v) is 12.1. The van der Waals surface area contributed by atoms with E-state index >= 15 is 0 Å². The van der Waals surface area contributed by atoms with E-state index in [9.17, 15) is 0 Å². The van der Waals surface area contributed by atoms with E-state index in [1.54, 1.807) is 4.68 Å². The van der Waals surface area contributed by atoms with Gasteiger partial charge in [0.2, 0.25) is 5.95 Å². The Bertz CT molecular complexity index is 1110. The third kappa shape index (κ3) is 6.32. The van der Waals surface area contributed by atoms with Gasteiger partial charge in [0.1, 0.15) is 5.82 Å². The minimum absolute atomic E-state index is 0.247. The Morgan fingerprint density at radius 1 is 1.18 bits per heavy atom. The molecular formula is C24H34N10. The number of anilines is 3. The van der Waals surface area contributed by atoms with Crippen molar-refractivity contribution >= 4 is 17.6 Å². The Labute approximate surface area is 200 Å². The molecule has 4 N–H and O–H groups in total. The van der Waals surface area contributed by atoms with E-state index in [4.69, 9.17) is 15.2 Å². The second-order valence-corrected chi connectivity index (χ2v) is 9.15. The van der Waals surface area contributed by atoms with Crippen LogP contribution in [0.1, 0.15) is 51.1 Å². The zero-order valence-electron chi connectivity index (χ0n) is 20.2. The SMILES string of the molecule is CCC1CCC(NCCC#N)CC(Nc2nc(Nc3cc(C)[nH]n3)cc(-c3cnn(C)c3)n2)C1. The molecule has 10 nitrogen and oxygen atoms in total. The molecule has 34 heavy (non-hydrogen) atoms. The first-order chi connectivity index (χ1) is 16.5. The minimum atomic E-state index is 0.247. The summed E-state index contributed by atoms with van der Waals surface area (Å²) in [5.41, 5.74) is 2.70. The molecule has 4 rings (SSSR count). The Balaban J connectivity index is 1.58. The van der Waals surface area contributed by atoms with E-state index in [2.05, 4.69) is 44.2 Å². The first kappa shape index (κ1) is 23.7. The number of aryl methyl sites for hydroxylation is 2. The van der Waals surface area contributed by atoms with Crippen molar-refractivity contribution in [2.24, 2.45) is 13.0 Å². The van der Waals surface area contributed by atoms with Crippen LogP contribution >= 0.6 is 0 Å². The van der Waals surface area contributed by atoms with Gasteiger partial charge in [-0.25, -0.2) is 4.98 Å². The van der Waals surface area contributed by atoms with Gasteiger partial charge in [0, 0.05) is 61.7 Å². The van der Waals surface area contributed by atoms with Crippen molar-refractivity contribution in [1.82, 2.24) is 35.3 Å². The molecule has 1 aliphatic carbocycles. The number of aromatic nitrogens is 6. The topological polar surface area (TPSA) is 132 Å². The van der Waals surface area contributed by atoms with Gasteiger partial charge in [0.05, 0.1) is 18.0 Å². The van der Waals surface area contributed by atoms with E-state index in [0.717, 1.165) is 49.2 Å². The number of rotatable bonds is 9. The monoisotopic (exact) mass is 462 g/mol. The van der Waals surface area contributed by atoms with Crippen molar-refractivity contribution in [2.45, 2.75) is 64.5 Å². The Morgan fingerprint density at radius 2 is 2.06 bits per heavy atom. The number of hydrogen-bond donors (Lipinski definition) is 4. The van der Waals surface area contributed by atoms with Crippen molar-refractivity contribution in [3.63, 3.8) is 0 Å². The fraction of sp³-hybridized carbons (Fsp3) is 0.542. The molecule has 0 spiro atoms. The van der Waals surface area contributed by atoms with Crippen molar-refractivity contribution in [1.29, 1.82) is 5.26 Å². The summed E-state index contributed by atoms with van der Waals surface area (Å²) in [6, 6.07) is 6.71. The quantitative estimate of drug-likeness (QED) is 0.278. The molecule has 3 aromatic rings. The van der Waals surface area contributed by atoms with Gasteiger partial charge in [-0.3, -0.25) is 9.78 Å². The first-order valence-electron chi connectivity index (χ1n) is 12.1. The van der Waals surface area contributed by atoms with Gasteiger partial charge in [-0.1, -0.05) is 13.3 Å². The molecule has 1 aliphatic rings. The van der Waals surface area contributed by atoms with E-state index < -0.39 is 0 Å². The molecule has 3 aromatic heterocycles. The molecule has 3 atom stereocenters. The van der Waals surface area contributed by atoms with Gasteiger partial charge in [-0.2, -0.15) is 20.4 Å². The fourth-order valence-electron chi connectivity index (χ4n) is 4.59. The fourth-order valence-corrected chi connectivity index (χ4v) is 4.59. The van der Waals surface area contributed by atoms with Crippen LogP contribution in [0, 0.1) is 24.2 Å². The highest BCUT2D eigenvalue weighted by atomic mass is 15.2. The molecule has 0 saturated heterocycles. The maximum absolute atomic E-state index is 8.90. The molecule has 180 valence electrons. The van der Waals surface area contributed by atoms with Gasteiger partial charge in [-0.15, -0.1) is 0 Å². The average molecular weight is 463 g/mol. The van der Waals surface area contributed by atoms with Gasteiger partial charge in [0.25, 0.3) is 0 Å². The zero-order chi connectivity index (χ0) is 23.9. The van der Waals surface area contributed by atoms with Gasteiger partial charge in [-0.05, 0) is 38.5 Å². The van der Waals surface area contributed by atoms with Crippen LogP contribution < -0.4 is 16.0 Å². The van der Waals surface area contributed by atoms with Crippen LogP contribution in [0.3, 0.4) is 0 Å². The second-order valence-electron chi connectivity index (χ2n) is 9.15. The molecule has 3 unspecified atom stereocenters. The average Bonchev–Trinajstić information content (AvgIpc) is 3.38. The van der Waals surface area contributed by atoms with Crippen LogP contribution in [0.5, 0.6) is 0 Å². The Hall–Kier alpha value is -3.45. The van der Waals surface area contributed by atoms with Crippen LogP contribution in [0.2, 0.25) is 0 Å². The molecule has 10 heteroatoms. The summed E-state index contributed by atoms with van der Waals surface area (Å²) in [7, 11) is 1.89. The summed E-state index contributed by atoms with van der Waals surface area (Å²) in [5, 5.41) is 30.9. The molecule has 0 radical (unpaired) electrons. The van der Waals surface area contributed by atoms with Gasteiger partial charge in [0.15, 0.2) is 5.82 Å². The highest BCUT2D eigenvalue weighted by Gasteiger charge is 2.25. The molecule has 3 heterocycles. The second kappa shape index (κ2) is 11.1. The summed E-state index contributed by atoms with van der Waals surface area (Å²) >= 11 is 0. The Kier molecular flexibility index (Phi) is 7.75. The number of aromatic amines is 1. The standard InChI is InChI=1S/C24H34N10/c1-4-17-6-7-19(26-9-5-8-25)12-20(11-17)28-24-29-21(18-14-27-34(3)15-18)13-22(31-24)30-23-10-16(2)32-33-23/h10,13-15,17,19-20,26H,4-7,9,11-12H2,1-3H3,(H3,28,29,30,31,32,33). The van der Waals surface area contributed by atoms with E-state index in [1.807, 2.05) is 38.5 Å². The lowest BCUT2D eigenvalue weighted by Crippen LogP contribution is -2.34. The molecule has 0 bridgehead atoms. The number of nitrogens with zero attached hydrogens (tertiary/aromatic N) is 6. The highest BCUT2D eigenvalue weighted by Crippen LogP contribution is 2.29. The lowest BCUT2D eigenvalue weighted by Gasteiger charge is -2.23. The molecule has 1 saturated carbocycles. The van der Waals surface area contributed by atoms with Crippen LogP contribution in [-0.2, 0) is 7.05 Å². The molecular weight excluding hydrogens is 428 g/mol. The van der Waals surface area contributed by atoms with E-state index in [-0.39, 0.29) is 6.04 Å². The number of hydrogen-bond acceptors (Lipinski definition) is 8. The lowest BCUT2D eigenvalue weighted by molar-refractivity contribution is 0.425. The smallest absolute Gasteiger partial charge is 0.225 e. The summed E-state index contributed by atoms with van der Waals surface area (Å²) in [4.78, 5) is 9.60. The maximum atomic E-state index is 8.90. The van der Waals surface area contributed by atoms with Crippen molar-refractivity contribution in [3.8, 4) is 17.3 Å². The largest absolute Gasteiger partial charge is 0.351 e. The third-order valence-electron chi connectivity index (χ3n) is 6.38. The molecule has 0 aliphatic heterocycles. The molecule has 0 aromatic carbocycles. The summed E-state index contributed by atoms with van der Waals surface area (Å²) in [6.07, 6.45) is 9.82. The number of nitrogens with one attached hydrogen (secondary N) is 4. The van der Waals surface area contributed by atoms with Crippen molar-refractivity contribution in [3.05, 3.63) is 30.2 Å². The van der Waals surface area contributed by atoms with Crippen LogP contribution in [0.4, 0.5) is 17.6 Å². The molecule has 1 fully saturated rings. The van der Waals surface area contributed by atoms with Crippen molar-refractivity contribution in [2.75, 3.05) is 17.2 Å². The van der Waals surface area contributed by atoms with Gasteiger partial charge >= 0.3 is 0 Å². The van der Waals surface area contributed by atoms with Crippen LogP contribution in [-0.4, -0.2) is 48.6 Å². The van der Waals surface area contributed by atoms with E-state index in [1.165, 1.54) is 6.42 Å². The summed E-state index contributed by atoms with van der Waals surface area (Å²) in [6.45, 7) is 4.96. The normalized spacial score (nSPS) is 20.5. The maximum Gasteiger partial charge on any atom is 0.225 e. The lowest BCUT2D eigenvalue weighted by atomic mass is 9.96. The number of nitriles is 1. The van der Waals surface area contributed by atoms with Gasteiger partial charge < -0.3 is 16.0 Å². The van der Waals surface area contributed by atoms with E-state index in [0.29, 0.717) is 36.0 Å². The zero-order valence-corrected chi connectivity index (χ0v) is 20.2. The van der Waals surface area contributed by atoms with Crippen LogP contribution in [0.25, 0.3) is 11.3 Å². The highest BCUT2D eigenvalue weighted by molar-refractivity contribution is 5.65. The number of H-pyrrole nitrogens is 1. The van der Waals surface area contributed by atoms with Crippen molar-refractivity contribution < 1.29 is 0 Å². The summed E-state index contributed by atoms with van der Waals surface area (Å²) in [5.74, 6) is 2.63. The predicted octanol–water partition coefficient (Wildman–Crippen LogP) is 3.90. The predicted molar refractivity (Wildman–Crippen MR) is 133 cm³/mol. The molecule has 0 amide bonds. The van der Waals surface area contributed by atoms with Crippen LogP contribution in [0.15, 0.2) is 24.5 Å². The summed E-state index contributed by atoms with van der Waals surface area (Å²) < 4.78 is 1.77.